The highest BCUT2D eigenvalue weighted by Gasteiger charge is 2.33. The fraction of sp³-hybridized carbons (Fsp3) is 0.462. The van der Waals surface area contributed by atoms with E-state index >= 15 is 0 Å². The lowest BCUT2D eigenvalue weighted by Crippen LogP contribution is -2.54. The molecule has 7 nitrogen and oxygen atoms in total. The predicted molar refractivity (Wildman–Crippen MR) is 145 cm³/mol. The van der Waals surface area contributed by atoms with Crippen molar-refractivity contribution in [2.75, 3.05) is 17.1 Å². The zero-order valence-electron chi connectivity index (χ0n) is 20.9. The molecule has 0 saturated heterocycles. The van der Waals surface area contributed by atoms with E-state index in [0.717, 1.165) is 48.7 Å². The minimum atomic E-state index is -4.02. The lowest BCUT2D eigenvalue weighted by Gasteiger charge is -2.34. The summed E-state index contributed by atoms with van der Waals surface area (Å²) >= 11 is 12.2. The third kappa shape index (κ3) is 7.82. The molecular formula is C26H32Cl2FN3O4S. The van der Waals surface area contributed by atoms with Crippen LogP contribution >= 0.6 is 23.2 Å². The minimum Gasteiger partial charge on any atom is -0.352 e. The van der Waals surface area contributed by atoms with E-state index in [9.17, 15) is 22.4 Å². The van der Waals surface area contributed by atoms with Gasteiger partial charge in [-0.05, 0) is 49.1 Å². The second-order valence-electron chi connectivity index (χ2n) is 9.26. The fourth-order valence-electron chi connectivity index (χ4n) is 4.55. The lowest BCUT2D eigenvalue weighted by molar-refractivity contribution is -0.140. The van der Waals surface area contributed by atoms with Crippen LogP contribution in [0.4, 0.5) is 10.1 Å². The number of carbonyl (C=O) groups excluding carboxylic acids is 2. The molecule has 0 spiro atoms. The van der Waals surface area contributed by atoms with Crippen LogP contribution in [-0.4, -0.2) is 50.0 Å². The van der Waals surface area contributed by atoms with Crippen LogP contribution < -0.4 is 9.62 Å². The molecule has 1 atom stereocenters. The highest BCUT2D eigenvalue weighted by atomic mass is 35.5. The summed E-state index contributed by atoms with van der Waals surface area (Å²) in [5.41, 5.74) is 0.371. The van der Waals surface area contributed by atoms with Crippen LogP contribution in [0, 0.1) is 5.82 Å². The molecule has 0 heterocycles. The summed E-state index contributed by atoms with van der Waals surface area (Å²) in [5.74, 6) is -1.73. The topological polar surface area (TPSA) is 86.8 Å². The third-order valence-corrected chi connectivity index (χ3v) is 8.34. The molecule has 2 aromatic carbocycles. The fourth-order valence-corrected chi connectivity index (χ4v) is 5.72. The van der Waals surface area contributed by atoms with Crippen LogP contribution in [0.1, 0.15) is 51.0 Å². The summed E-state index contributed by atoms with van der Waals surface area (Å²) in [5, 5.41) is 3.69. The Morgan fingerprint density at radius 1 is 1.08 bits per heavy atom. The molecule has 1 N–H and O–H groups in total. The van der Waals surface area contributed by atoms with Crippen LogP contribution in [0.3, 0.4) is 0 Å². The van der Waals surface area contributed by atoms with E-state index in [1.54, 1.807) is 25.1 Å². The Balaban J connectivity index is 1.94. The van der Waals surface area contributed by atoms with Crippen LogP contribution in [0.25, 0.3) is 0 Å². The summed E-state index contributed by atoms with van der Waals surface area (Å²) in [7, 11) is -4.02. The molecule has 0 radical (unpaired) electrons. The second-order valence-corrected chi connectivity index (χ2v) is 12.0. The highest BCUT2D eigenvalue weighted by molar-refractivity contribution is 7.92. The van der Waals surface area contributed by atoms with Crippen molar-refractivity contribution in [2.24, 2.45) is 0 Å². The van der Waals surface area contributed by atoms with Gasteiger partial charge in [0.1, 0.15) is 18.4 Å². The van der Waals surface area contributed by atoms with Crippen molar-refractivity contribution in [3.63, 3.8) is 0 Å². The quantitative estimate of drug-likeness (QED) is 0.427. The number of hydrogen-bond donors (Lipinski definition) is 1. The number of anilines is 1. The number of para-hydroxylation sites is 1. The number of carbonyl (C=O) groups is 2. The van der Waals surface area contributed by atoms with Crippen LogP contribution in [0.2, 0.25) is 10.0 Å². The van der Waals surface area contributed by atoms with E-state index in [0.29, 0.717) is 17.0 Å². The van der Waals surface area contributed by atoms with Gasteiger partial charge in [-0.3, -0.25) is 13.9 Å². The van der Waals surface area contributed by atoms with Gasteiger partial charge in [0.05, 0.1) is 22.0 Å². The maximum absolute atomic E-state index is 14.5. The summed E-state index contributed by atoms with van der Waals surface area (Å²) in [6.45, 7) is 1.10. The number of amides is 2. The normalized spacial score (nSPS) is 15.2. The van der Waals surface area contributed by atoms with Crippen LogP contribution in [0.15, 0.2) is 42.5 Å². The Hall–Kier alpha value is -2.36. The summed E-state index contributed by atoms with van der Waals surface area (Å²) in [4.78, 5) is 28.4. The molecule has 202 valence electrons. The maximum Gasteiger partial charge on any atom is 0.244 e. The Morgan fingerprint density at radius 3 is 2.35 bits per heavy atom. The van der Waals surface area contributed by atoms with E-state index in [2.05, 4.69) is 5.32 Å². The smallest absolute Gasteiger partial charge is 0.244 e. The number of hydrogen-bond acceptors (Lipinski definition) is 4. The molecule has 0 aliphatic heterocycles. The zero-order valence-corrected chi connectivity index (χ0v) is 23.3. The first-order valence-corrected chi connectivity index (χ1v) is 14.9. The highest BCUT2D eigenvalue weighted by Crippen LogP contribution is 2.26. The molecule has 37 heavy (non-hydrogen) atoms. The molecule has 0 bridgehead atoms. The molecule has 1 fully saturated rings. The minimum absolute atomic E-state index is 0.0127. The van der Waals surface area contributed by atoms with Gasteiger partial charge in [0, 0.05) is 12.6 Å². The maximum atomic E-state index is 14.5. The summed E-state index contributed by atoms with van der Waals surface area (Å²) in [6, 6.07) is 9.37. The monoisotopic (exact) mass is 571 g/mol. The number of nitrogens with zero attached hydrogens (tertiary/aromatic N) is 2. The van der Waals surface area contributed by atoms with E-state index in [1.165, 1.54) is 23.1 Å². The van der Waals surface area contributed by atoms with E-state index < -0.39 is 34.3 Å². The first-order valence-electron chi connectivity index (χ1n) is 12.3. The molecule has 2 amide bonds. The average molecular weight is 573 g/mol. The molecule has 1 saturated carbocycles. The number of halogens is 3. The molecule has 2 aromatic rings. The first-order chi connectivity index (χ1) is 17.5. The van der Waals surface area contributed by atoms with Gasteiger partial charge in [-0.1, -0.05) is 67.6 Å². The zero-order chi connectivity index (χ0) is 27.2. The van der Waals surface area contributed by atoms with E-state index in [-0.39, 0.29) is 29.2 Å². The van der Waals surface area contributed by atoms with Crippen LogP contribution in [0.5, 0.6) is 0 Å². The van der Waals surface area contributed by atoms with E-state index in [4.69, 9.17) is 23.2 Å². The van der Waals surface area contributed by atoms with Crippen molar-refractivity contribution in [1.82, 2.24) is 10.2 Å². The largest absolute Gasteiger partial charge is 0.352 e. The van der Waals surface area contributed by atoms with Gasteiger partial charge in [-0.15, -0.1) is 0 Å². The second kappa shape index (κ2) is 12.9. The first kappa shape index (κ1) is 29.2. The molecule has 1 aliphatic carbocycles. The number of sulfonamides is 1. The standard InChI is InChI=1S/C26H32Cl2FN3O4S/c1-3-23(26(34)30-19-9-5-4-6-10-19)31(16-18-13-14-20(27)21(28)15-18)25(33)17-32(37(2,35)36)24-12-8-7-11-22(24)29/h7-8,11-15,19,23H,3-6,9-10,16-17H2,1-2H3,(H,30,34)/t23-/m1/s1. The predicted octanol–water partition coefficient (Wildman–Crippen LogP) is 5.15. The summed E-state index contributed by atoms with van der Waals surface area (Å²) < 4.78 is 40.5. The molecule has 3 rings (SSSR count). The number of nitrogens with one attached hydrogen (secondary N) is 1. The van der Waals surface area contributed by atoms with Gasteiger partial charge in [0.2, 0.25) is 21.8 Å². The molecule has 1 aliphatic rings. The lowest BCUT2D eigenvalue weighted by atomic mass is 9.95. The van der Waals surface area contributed by atoms with Gasteiger partial charge < -0.3 is 10.2 Å². The molecular weight excluding hydrogens is 540 g/mol. The van der Waals surface area contributed by atoms with Crippen molar-refractivity contribution in [1.29, 1.82) is 0 Å². The van der Waals surface area contributed by atoms with Gasteiger partial charge in [0.15, 0.2) is 0 Å². The van der Waals surface area contributed by atoms with Crippen LogP contribution in [-0.2, 0) is 26.2 Å². The van der Waals surface area contributed by atoms with Gasteiger partial charge in [0.25, 0.3) is 0 Å². The van der Waals surface area contributed by atoms with Crippen molar-refractivity contribution < 1.29 is 22.4 Å². The van der Waals surface area contributed by atoms with Crippen molar-refractivity contribution >= 4 is 50.7 Å². The number of rotatable bonds is 10. The molecule has 11 heteroatoms. The molecule has 0 unspecified atom stereocenters. The SMILES string of the molecule is CC[C@H](C(=O)NC1CCCCC1)N(Cc1ccc(Cl)c(Cl)c1)C(=O)CN(c1ccccc1F)S(C)(=O)=O. The average Bonchev–Trinajstić information content (AvgIpc) is 2.85. The van der Waals surface area contributed by atoms with Crippen molar-refractivity contribution in [2.45, 2.75) is 64.1 Å². The Morgan fingerprint density at radius 2 is 1.76 bits per heavy atom. The third-order valence-electron chi connectivity index (χ3n) is 6.47. The Labute approximate surface area is 228 Å². The van der Waals surface area contributed by atoms with Crippen molar-refractivity contribution in [3.05, 3.63) is 63.9 Å². The van der Waals surface area contributed by atoms with Crippen molar-refractivity contribution in [3.8, 4) is 0 Å². The van der Waals surface area contributed by atoms with Gasteiger partial charge >= 0.3 is 0 Å². The number of benzene rings is 2. The Bertz CT molecular complexity index is 1220. The van der Waals surface area contributed by atoms with Gasteiger partial charge in [-0.2, -0.15) is 0 Å². The van der Waals surface area contributed by atoms with E-state index in [1.807, 2.05) is 0 Å². The van der Waals surface area contributed by atoms with Gasteiger partial charge in [-0.25, -0.2) is 12.8 Å². The summed E-state index contributed by atoms with van der Waals surface area (Å²) in [6.07, 6.45) is 6.13. The molecule has 0 aromatic heterocycles. The Kier molecular flexibility index (Phi) is 10.2.